The lowest BCUT2D eigenvalue weighted by Crippen LogP contribution is -2.35. The molecular formula is C16H26ClN3O. The summed E-state index contributed by atoms with van der Waals surface area (Å²) in [6, 6.07) is 6.02. The van der Waals surface area contributed by atoms with Crippen LogP contribution in [0.25, 0.3) is 0 Å². The zero-order valence-corrected chi connectivity index (χ0v) is 14.3. The van der Waals surface area contributed by atoms with Crippen LogP contribution in [0.4, 0.5) is 5.69 Å². The number of benzene rings is 1. The highest BCUT2D eigenvalue weighted by atomic mass is 35.5. The first-order valence-electron chi connectivity index (χ1n) is 7.18. The second-order valence-corrected chi connectivity index (χ2v) is 6.63. The van der Waals surface area contributed by atoms with Crippen molar-refractivity contribution in [3.05, 3.63) is 28.8 Å². The third-order valence-corrected chi connectivity index (χ3v) is 3.59. The number of hydrogen-bond acceptors (Lipinski definition) is 3. The number of hydrogen-bond donors (Lipinski definition) is 2. The van der Waals surface area contributed by atoms with Gasteiger partial charge in [-0.05, 0) is 38.5 Å². The van der Waals surface area contributed by atoms with Gasteiger partial charge in [0.15, 0.2) is 0 Å². The van der Waals surface area contributed by atoms with Crippen molar-refractivity contribution < 1.29 is 4.79 Å². The molecule has 0 fully saturated rings. The maximum absolute atomic E-state index is 11.3. The zero-order valence-electron chi connectivity index (χ0n) is 13.6. The second kappa shape index (κ2) is 7.66. The van der Waals surface area contributed by atoms with Gasteiger partial charge in [0.05, 0.1) is 0 Å². The molecular weight excluding hydrogens is 286 g/mol. The molecule has 0 aliphatic carbocycles. The first-order valence-corrected chi connectivity index (χ1v) is 7.56. The van der Waals surface area contributed by atoms with E-state index in [1.165, 1.54) is 0 Å². The van der Waals surface area contributed by atoms with Gasteiger partial charge in [0.2, 0.25) is 5.91 Å². The van der Waals surface area contributed by atoms with Gasteiger partial charge >= 0.3 is 0 Å². The van der Waals surface area contributed by atoms with Gasteiger partial charge in [-0.15, -0.1) is 0 Å². The smallest absolute Gasteiger partial charge is 0.221 e. The lowest BCUT2D eigenvalue weighted by Gasteiger charge is -2.22. The summed E-state index contributed by atoms with van der Waals surface area (Å²) < 4.78 is 0. The van der Waals surface area contributed by atoms with E-state index in [4.69, 9.17) is 11.6 Å². The summed E-state index contributed by atoms with van der Waals surface area (Å²) >= 11 is 6.35. The van der Waals surface area contributed by atoms with Crippen LogP contribution < -0.4 is 15.5 Å². The number of carbonyl (C=O) groups is 1. The fraction of sp³-hybridized carbons (Fsp3) is 0.562. The summed E-state index contributed by atoms with van der Waals surface area (Å²) in [6.45, 7) is 7.78. The monoisotopic (exact) mass is 311 g/mol. The highest BCUT2D eigenvalue weighted by Crippen LogP contribution is 2.23. The Morgan fingerprint density at radius 3 is 2.52 bits per heavy atom. The normalized spacial score (nSPS) is 11.3. The molecule has 5 heteroatoms. The van der Waals surface area contributed by atoms with E-state index in [0.717, 1.165) is 22.8 Å². The molecule has 1 rings (SSSR count). The fourth-order valence-electron chi connectivity index (χ4n) is 1.80. The van der Waals surface area contributed by atoms with E-state index < -0.39 is 0 Å². The van der Waals surface area contributed by atoms with Crippen molar-refractivity contribution in [3.63, 3.8) is 0 Å². The molecule has 2 N–H and O–H groups in total. The van der Waals surface area contributed by atoms with Gasteiger partial charge in [-0.1, -0.05) is 17.7 Å². The van der Waals surface area contributed by atoms with Crippen LogP contribution >= 0.6 is 11.6 Å². The Kier molecular flexibility index (Phi) is 6.49. The van der Waals surface area contributed by atoms with Gasteiger partial charge in [-0.3, -0.25) is 4.79 Å². The molecule has 0 unspecified atom stereocenters. The van der Waals surface area contributed by atoms with Crippen LogP contribution in [0.1, 0.15) is 32.8 Å². The van der Waals surface area contributed by atoms with E-state index in [2.05, 4.69) is 31.4 Å². The Bertz CT molecular complexity index is 483. The average molecular weight is 312 g/mol. The fourth-order valence-corrected chi connectivity index (χ4v) is 2.04. The summed E-state index contributed by atoms with van der Waals surface area (Å²) in [5.74, 6) is 0.0407. The predicted molar refractivity (Wildman–Crippen MR) is 90.0 cm³/mol. The number of halogens is 1. The molecule has 0 spiro atoms. The van der Waals surface area contributed by atoms with Gasteiger partial charge in [-0.25, -0.2) is 0 Å². The molecule has 0 aliphatic heterocycles. The summed E-state index contributed by atoms with van der Waals surface area (Å²) in [5.41, 5.74) is 2.16. The molecule has 118 valence electrons. The Morgan fingerprint density at radius 2 is 2.00 bits per heavy atom. The summed E-state index contributed by atoms with van der Waals surface area (Å²) in [7, 11) is 3.61. The third-order valence-electron chi connectivity index (χ3n) is 3.24. The van der Waals surface area contributed by atoms with Gasteiger partial charge in [-0.2, -0.15) is 0 Å². The van der Waals surface area contributed by atoms with Crippen LogP contribution in [-0.4, -0.2) is 32.1 Å². The van der Waals surface area contributed by atoms with Crippen LogP contribution in [0, 0.1) is 0 Å². The molecule has 0 aliphatic rings. The van der Waals surface area contributed by atoms with Gasteiger partial charge in [0.25, 0.3) is 0 Å². The van der Waals surface area contributed by atoms with Crippen molar-refractivity contribution >= 4 is 23.2 Å². The molecule has 0 saturated carbocycles. The number of nitrogens with zero attached hydrogens (tertiary/aromatic N) is 1. The molecule has 0 atom stereocenters. The first-order chi connectivity index (χ1) is 9.73. The van der Waals surface area contributed by atoms with Crippen molar-refractivity contribution in [1.29, 1.82) is 0 Å². The Morgan fingerprint density at radius 1 is 1.33 bits per heavy atom. The molecule has 21 heavy (non-hydrogen) atoms. The molecule has 1 amide bonds. The van der Waals surface area contributed by atoms with Gasteiger partial charge in [0.1, 0.15) is 0 Å². The van der Waals surface area contributed by atoms with Crippen LogP contribution in [0.5, 0.6) is 0 Å². The number of anilines is 1. The molecule has 1 aromatic rings. The number of amides is 1. The highest BCUT2D eigenvalue weighted by molar-refractivity contribution is 6.31. The largest absolute Gasteiger partial charge is 0.374 e. The van der Waals surface area contributed by atoms with E-state index in [-0.39, 0.29) is 11.4 Å². The molecule has 1 aromatic carbocycles. The molecule has 0 heterocycles. The highest BCUT2D eigenvalue weighted by Gasteiger charge is 2.11. The van der Waals surface area contributed by atoms with Crippen LogP contribution in [-0.2, 0) is 11.3 Å². The second-order valence-electron chi connectivity index (χ2n) is 6.22. The van der Waals surface area contributed by atoms with Crippen molar-refractivity contribution in [2.75, 3.05) is 25.5 Å². The van der Waals surface area contributed by atoms with E-state index in [9.17, 15) is 4.79 Å². The maximum Gasteiger partial charge on any atom is 0.221 e. The van der Waals surface area contributed by atoms with Crippen molar-refractivity contribution in [2.45, 2.75) is 39.3 Å². The van der Waals surface area contributed by atoms with E-state index >= 15 is 0 Å². The van der Waals surface area contributed by atoms with Gasteiger partial charge < -0.3 is 15.5 Å². The molecule has 0 radical (unpaired) electrons. The van der Waals surface area contributed by atoms with Crippen LogP contribution in [0.2, 0.25) is 5.02 Å². The Labute approximate surface area is 132 Å². The third kappa shape index (κ3) is 6.36. The standard InChI is InChI=1S/C16H26ClN3O/c1-16(2,3)19-11-12-6-7-13(10-14(12)17)20(5)9-8-15(21)18-4/h6-7,10,19H,8-9,11H2,1-5H3,(H,18,21). The molecule has 0 saturated heterocycles. The molecule has 0 bridgehead atoms. The number of nitrogens with one attached hydrogen (secondary N) is 2. The number of carbonyl (C=O) groups excluding carboxylic acids is 1. The Balaban J connectivity index is 2.66. The Hall–Kier alpha value is -1.26. The van der Waals surface area contributed by atoms with Gasteiger partial charge in [0, 0.05) is 49.9 Å². The molecule has 0 aromatic heterocycles. The average Bonchev–Trinajstić information content (AvgIpc) is 2.41. The van der Waals surface area contributed by atoms with Crippen molar-refractivity contribution in [3.8, 4) is 0 Å². The first kappa shape index (κ1) is 17.8. The lowest BCUT2D eigenvalue weighted by molar-refractivity contribution is -0.120. The zero-order chi connectivity index (χ0) is 16.0. The van der Waals surface area contributed by atoms with Crippen LogP contribution in [0.15, 0.2) is 18.2 Å². The minimum absolute atomic E-state index is 0.0407. The SMILES string of the molecule is CNC(=O)CCN(C)c1ccc(CNC(C)(C)C)c(Cl)c1. The lowest BCUT2D eigenvalue weighted by atomic mass is 10.1. The quantitative estimate of drug-likeness (QED) is 0.849. The van der Waals surface area contributed by atoms with E-state index in [1.807, 2.05) is 30.1 Å². The summed E-state index contributed by atoms with van der Waals surface area (Å²) in [5, 5.41) is 6.79. The minimum Gasteiger partial charge on any atom is -0.374 e. The van der Waals surface area contributed by atoms with Crippen molar-refractivity contribution in [1.82, 2.24) is 10.6 Å². The predicted octanol–water partition coefficient (Wildman–Crippen LogP) is 2.80. The van der Waals surface area contributed by atoms with Crippen molar-refractivity contribution in [2.24, 2.45) is 0 Å². The van der Waals surface area contributed by atoms with E-state index in [1.54, 1.807) is 7.05 Å². The van der Waals surface area contributed by atoms with E-state index in [0.29, 0.717) is 13.0 Å². The number of rotatable bonds is 6. The molecule has 4 nitrogen and oxygen atoms in total. The maximum atomic E-state index is 11.3. The topological polar surface area (TPSA) is 44.4 Å². The summed E-state index contributed by atoms with van der Waals surface area (Å²) in [6.07, 6.45) is 0.470. The minimum atomic E-state index is 0.0407. The summed E-state index contributed by atoms with van der Waals surface area (Å²) in [4.78, 5) is 13.3. The van der Waals surface area contributed by atoms with Crippen LogP contribution in [0.3, 0.4) is 0 Å².